The minimum absolute atomic E-state index is 0.00803. The van der Waals surface area contributed by atoms with Crippen molar-refractivity contribution in [2.45, 2.75) is 5.92 Å². The molecule has 1 aromatic carbocycles. The summed E-state index contributed by atoms with van der Waals surface area (Å²) in [4.78, 5) is 42.7. The van der Waals surface area contributed by atoms with Crippen LogP contribution in [-0.2, 0) is 14.3 Å². The first-order valence-electron chi connectivity index (χ1n) is 10.2. The number of nitrogens with one attached hydrogen (secondary N) is 1. The lowest BCUT2D eigenvalue weighted by atomic mass is 9.84. The molecule has 1 aliphatic heterocycles. The maximum atomic E-state index is 13.7. The highest BCUT2D eigenvalue weighted by Crippen LogP contribution is 2.36. The van der Waals surface area contributed by atoms with Crippen LogP contribution in [0.4, 0.5) is 5.69 Å². The van der Waals surface area contributed by atoms with Gasteiger partial charge in [0.2, 0.25) is 0 Å². The number of esters is 1. The number of methoxy groups -OCH3 is 2. The molecular formula is C24H19N5O5S. The first-order chi connectivity index (χ1) is 16.9. The number of hydrogen-bond acceptors (Lipinski definition) is 9. The number of fused-ring (bicyclic) bond motifs is 1. The predicted octanol–water partition coefficient (Wildman–Crippen LogP) is 0.505. The third-order valence-electron chi connectivity index (χ3n) is 5.33. The number of nitrogens with two attached hydrogens (primary N) is 1. The zero-order valence-corrected chi connectivity index (χ0v) is 19.5. The lowest BCUT2D eigenvalue weighted by molar-refractivity contribution is -0.133. The van der Waals surface area contributed by atoms with E-state index in [-0.39, 0.29) is 26.2 Å². The van der Waals surface area contributed by atoms with Crippen LogP contribution in [0.2, 0.25) is 0 Å². The normalized spacial score (nSPS) is 15.3. The highest BCUT2D eigenvalue weighted by atomic mass is 32.1. The fraction of sp³-hybridized carbons (Fsp3) is 0.125. The quantitative estimate of drug-likeness (QED) is 0.492. The van der Waals surface area contributed by atoms with E-state index < -0.39 is 23.4 Å². The fourth-order valence-electron chi connectivity index (χ4n) is 3.69. The number of carbonyl (C=O) groups excluding carboxylic acids is 2. The van der Waals surface area contributed by atoms with Gasteiger partial charge in [-0.3, -0.25) is 19.1 Å². The number of thiazole rings is 1. The van der Waals surface area contributed by atoms with E-state index >= 15 is 0 Å². The molecule has 3 N–H and O–H groups in total. The highest BCUT2D eigenvalue weighted by Gasteiger charge is 2.35. The van der Waals surface area contributed by atoms with Crippen molar-refractivity contribution in [2.75, 3.05) is 19.5 Å². The van der Waals surface area contributed by atoms with Crippen molar-refractivity contribution >= 4 is 46.4 Å². The summed E-state index contributed by atoms with van der Waals surface area (Å²) >= 11 is 0.906. The average Bonchev–Trinajstić information content (AvgIpc) is 3.20. The number of carbonyl (C=O) groups is 2. The molecule has 0 spiro atoms. The van der Waals surface area contributed by atoms with Gasteiger partial charge in [0.05, 0.1) is 37.4 Å². The lowest BCUT2D eigenvalue weighted by Crippen LogP contribution is -2.40. The molecule has 35 heavy (non-hydrogen) atoms. The second-order valence-corrected chi connectivity index (χ2v) is 8.34. The topological polar surface area (TPSA) is 149 Å². The molecule has 0 radical (unpaired) electrons. The Bertz CT molecular complexity index is 1560. The molecule has 4 rings (SSSR count). The molecule has 3 aromatic rings. The molecule has 0 bridgehead atoms. The molecule has 3 heterocycles. The smallest absolute Gasteiger partial charge is 0.332 e. The summed E-state index contributed by atoms with van der Waals surface area (Å²) in [5.74, 6) is -1.69. The summed E-state index contributed by atoms with van der Waals surface area (Å²) in [6.07, 6.45) is 4.11. The van der Waals surface area contributed by atoms with Crippen LogP contribution < -0.4 is 30.5 Å². The number of amides is 1. The summed E-state index contributed by atoms with van der Waals surface area (Å²) in [5.41, 5.74) is 6.77. The molecule has 2 aromatic heterocycles. The number of rotatable bonds is 5. The molecule has 176 valence electrons. The van der Waals surface area contributed by atoms with Gasteiger partial charge < -0.3 is 20.5 Å². The van der Waals surface area contributed by atoms with Crippen LogP contribution in [0.3, 0.4) is 0 Å². The average molecular weight is 490 g/mol. The summed E-state index contributed by atoms with van der Waals surface area (Å²) in [5, 5.41) is 12.8. The molecule has 1 aliphatic rings. The Morgan fingerprint density at radius 1 is 1.26 bits per heavy atom. The first kappa shape index (κ1) is 23.5. The second-order valence-electron chi connectivity index (χ2n) is 7.31. The lowest BCUT2D eigenvalue weighted by Gasteiger charge is -2.25. The van der Waals surface area contributed by atoms with E-state index in [2.05, 4.69) is 15.0 Å². The van der Waals surface area contributed by atoms with Gasteiger partial charge >= 0.3 is 5.97 Å². The number of allylic oxidation sites excluding steroid dienone is 1. The molecule has 0 saturated heterocycles. The number of nitriles is 1. The van der Waals surface area contributed by atoms with Gasteiger partial charge in [-0.25, -0.2) is 4.79 Å². The Kier molecular flexibility index (Phi) is 6.48. The van der Waals surface area contributed by atoms with Crippen molar-refractivity contribution in [3.05, 3.63) is 79.5 Å². The van der Waals surface area contributed by atoms with Crippen LogP contribution in [0, 0.1) is 11.3 Å². The van der Waals surface area contributed by atoms with E-state index in [0.717, 1.165) is 22.0 Å². The van der Waals surface area contributed by atoms with Gasteiger partial charge in [0.1, 0.15) is 20.8 Å². The SMILES string of the molecule is COC(=O)/C=c1\sc2n(c1=O)C(N)=C(C#N)[C@H](c1cccnc1)C=2C(=O)Nc1ccc(OC)cc1. The second kappa shape index (κ2) is 9.66. The van der Waals surface area contributed by atoms with Gasteiger partial charge in [0.15, 0.2) is 0 Å². The van der Waals surface area contributed by atoms with E-state index in [4.69, 9.17) is 10.5 Å². The molecular weight excluding hydrogens is 470 g/mol. The van der Waals surface area contributed by atoms with Gasteiger partial charge in [-0.15, -0.1) is 11.3 Å². The van der Waals surface area contributed by atoms with E-state index in [1.165, 1.54) is 20.4 Å². The standard InChI is InChI=1S/C24H19N5O5S/c1-33-15-7-5-14(6-8-15)28-22(31)20-19(13-4-3-9-27-12-13)16(11-25)21(26)29-23(32)17(35-24(20)29)10-18(30)34-2/h3-10,12,19H,26H2,1-2H3,(H,28,31)/b17-10-/t19-/m0/s1. The number of aromatic nitrogens is 2. The molecule has 1 amide bonds. The number of hydrogen-bond donors (Lipinski definition) is 2. The van der Waals surface area contributed by atoms with Gasteiger partial charge in [-0.2, -0.15) is 5.26 Å². The maximum Gasteiger partial charge on any atom is 0.332 e. The Morgan fingerprint density at radius 2 is 2.00 bits per heavy atom. The molecule has 11 heteroatoms. The largest absolute Gasteiger partial charge is 0.497 e. The molecule has 1 atom stereocenters. The fourth-order valence-corrected chi connectivity index (χ4v) is 4.82. The van der Waals surface area contributed by atoms with E-state index in [0.29, 0.717) is 17.0 Å². The number of nitrogens with zero attached hydrogens (tertiary/aromatic N) is 3. The zero-order chi connectivity index (χ0) is 25.1. The minimum atomic E-state index is -0.893. The van der Waals surface area contributed by atoms with Crippen LogP contribution >= 0.6 is 11.3 Å². The van der Waals surface area contributed by atoms with Gasteiger partial charge in [0, 0.05) is 24.2 Å². The number of ether oxygens (including phenoxy) is 2. The van der Waals surface area contributed by atoms with Crippen molar-refractivity contribution in [1.82, 2.24) is 9.55 Å². The molecule has 0 unspecified atom stereocenters. The van der Waals surface area contributed by atoms with E-state index in [1.54, 1.807) is 42.6 Å². The van der Waals surface area contributed by atoms with Crippen molar-refractivity contribution in [3.8, 4) is 11.8 Å². The molecule has 0 fully saturated rings. The monoisotopic (exact) mass is 489 g/mol. The molecule has 10 nitrogen and oxygen atoms in total. The van der Waals surface area contributed by atoms with Crippen LogP contribution in [0.5, 0.6) is 5.75 Å². The van der Waals surface area contributed by atoms with Crippen LogP contribution in [0.1, 0.15) is 11.5 Å². The van der Waals surface area contributed by atoms with Crippen molar-refractivity contribution in [2.24, 2.45) is 5.73 Å². The third-order valence-corrected chi connectivity index (χ3v) is 6.44. The van der Waals surface area contributed by atoms with E-state index in [1.807, 2.05) is 6.07 Å². The number of pyridine rings is 1. The Morgan fingerprint density at radius 3 is 2.60 bits per heavy atom. The van der Waals surface area contributed by atoms with E-state index in [9.17, 15) is 19.6 Å². The third kappa shape index (κ3) is 4.30. The predicted molar refractivity (Wildman–Crippen MR) is 129 cm³/mol. The summed E-state index contributed by atoms with van der Waals surface area (Å²) < 4.78 is 11.1. The summed E-state index contributed by atoms with van der Waals surface area (Å²) in [7, 11) is 2.72. The number of benzene rings is 1. The van der Waals surface area contributed by atoms with Crippen LogP contribution in [0.25, 0.3) is 17.5 Å². The van der Waals surface area contributed by atoms with Crippen LogP contribution in [-0.4, -0.2) is 35.6 Å². The van der Waals surface area contributed by atoms with Crippen molar-refractivity contribution in [3.63, 3.8) is 0 Å². The maximum absolute atomic E-state index is 13.7. The highest BCUT2D eigenvalue weighted by molar-refractivity contribution is 7.07. The Balaban J connectivity index is 2.00. The summed E-state index contributed by atoms with van der Waals surface area (Å²) in [6, 6.07) is 12.1. The zero-order valence-electron chi connectivity index (χ0n) is 18.6. The van der Waals surface area contributed by atoms with Gasteiger partial charge in [0.25, 0.3) is 11.5 Å². The molecule has 0 aliphatic carbocycles. The Hall–Kier alpha value is -4.69. The Labute approximate surface area is 202 Å². The van der Waals surface area contributed by atoms with Gasteiger partial charge in [-0.1, -0.05) is 6.07 Å². The van der Waals surface area contributed by atoms with Crippen molar-refractivity contribution in [1.29, 1.82) is 5.26 Å². The van der Waals surface area contributed by atoms with Gasteiger partial charge in [-0.05, 0) is 35.9 Å². The van der Waals surface area contributed by atoms with Crippen molar-refractivity contribution < 1.29 is 19.1 Å². The first-order valence-corrected chi connectivity index (χ1v) is 11.0. The summed E-state index contributed by atoms with van der Waals surface area (Å²) in [6.45, 7) is 0. The minimum Gasteiger partial charge on any atom is -0.497 e. The number of anilines is 1. The van der Waals surface area contributed by atoms with Crippen LogP contribution in [0.15, 0.2) is 59.2 Å². The molecule has 0 saturated carbocycles.